The van der Waals surface area contributed by atoms with Gasteiger partial charge in [0.05, 0.1) is 17.1 Å². The first-order valence-corrected chi connectivity index (χ1v) is 5.87. The summed E-state index contributed by atoms with van der Waals surface area (Å²) in [4.78, 5) is 21.0. The molecule has 1 aromatic carbocycles. The molecule has 0 unspecified atom stereocenters. The molecule has 0 atom stereocenters. The lowest BCUT2D eigenvalue weighted by Crippen LogP contribution is -2.16. The molecule has 3 N–H and O–H groups in total. The van der Waals surface area contributed by atoms with Crippen LogP contribution < -0.4 is 15.8 Å². The largest absolute Gasteiger partial charge is 0.491 e. The van der Waals surface area contributed by atoms with Gasteiger partial charge >= 0.3 is 0 Å². The molecule has 0 heterocycles. The number of hydrogen-bond acceptors (Lipinski definition) is 5. The number of nitro benzene ring substituents is 1. The molecule has 7 heteroatoms. The van der Waals surface area contributed by atoms with E-state index in [2.05, 4.69) is 5.32 Å². The van der Waals surface area contributed by atoms with Crippen LogP contribution in [0.1, 0.15) is 20.3 Å². The van der Waals surface area contributed by atoms with Crippen molar-refractivity contribution in [2.75, 3.05) is 11.9 Å². The molecule has 0 spiro atoms. The zero-order valence-corrected chi connectivity index (χ0v) is 10.9. The van der Waals surface area contributed by atoms with Crippen molar-refractivity contribution in [1.82, 2.24) is 0 Å². The average molecular weight is 267 g/mol. The lowest BCUT2D eigenvalue weighted by Gasteiger charge is -2.12. The van der Waals surface area contributed by atoms with Gasteiger partial charge in [-0.1, -0.05) is 0 Å². The number of benzene rings is 1. The van der Waals surface area contributed by atoms with Crippen LogP contribution in [0.3, 0.4) is 0 Å². The van der Waals surface area contributed by atoms with E-state index in [9.17, 15) is 14.9 Å². The highest BCUT2D eigenvalue weighted by Gasteiger charge is 2.11. The van der Waals surface area contributed by atoms with Crippen LogP contribution in [0.2, 0.25) is 0 Å². The Morgan fingerprint density at radius 3 is 2.68 bits per heavy atom. The van der Waals surface area contributed by atoms with Crippen molar-refractivity contribution in [1.29, 1.82) is 0 Å². The molecule has 104 valence electrons. The van der Waals surface area contributed by atoms with Gasteiger partial charge in [-0.05, 0) is 13.8 Å². The first-order chi connectivity index (χ1) is 8.88. The molecule has 7 nitrogen and oxygen atoms in total. The Labute approximate surface area is 110 Å². The highest BCUT2D eigenvalue weighted by atomic mass is 16.6. The Morgan fingerprint density at radius 1 is 1.47 bits per heavy atom. The molecule has 1 amide bonds. The number of hydrogen-bond donors (Lipinski definition) is 2. The maximum absolute atomic E-state index is 10.8. The number of nitrogens with one attached hydrogen (secondary N) is 1. The molecule has 0 aliphatic carbocycles. The quantitative estimate of drug-likeness (QED) is 0.577. The van der Waals surface area contributed by atoms with Crippen LogP contribution in [0, 0.1) is 10.1 Å². The maximum Gasteiger partial charge on any atom is 0.275 e. The van der Waals surface area contributed by atoms with Crippen LogP contribution in [-0.2, 0) is 4.79 Å². The van der Waals surface area contributed by atoms with Crippen LogP contribution in [-0.4, -0.2) is 23.5 Å². The molecule has 1 aromatic rings. The summed E-state index contributed by atoms with van der Waals surface area (Å²) in [6.45, 7) is 3.98. The number of carbonyl (C=O) groups excluding carboxylic acids is 1. The topological polar surface area (TPSA) is 107 Å². The summed E-state index contributed by atoms with van der Waals surface area (Å²) in [5.74, 6) is -0.0256. The van der Waals surface area contributed by atoms with Crippen molar-refractivity contribution in [3.63, 3.8) is 0 Å². The minimum atomic E-state index is -0.494. The fourth-order valence-electron chi connectivity index (χ4n) is 1.46. The van der Waals surface area contributed by atoms with Crippen LogP contribution in [0.15, 0.2) is 18.2 Å². The Balaban J connectivity index is 2.86. The molecule has 0 radical (unpaired) electrons. The number of amides is 1. The average Bonchev–Trinajstić information content (AvgIpc) is 2.27. The van der Waals surface area contributed by atoms with E-state index >= 15 is 0 Å². The Bertz CT molecular complexity index is 474. The van der Waals surface area contributed by atoms with Gasteiger partial charge in [0.2, 0.25) is 5.91 Å². The van der Waals surface area contributed by atoms with Gasteiger partial charge in [-0.2, -0.15) is 0 Å². The third kappa shape index (κ3) is 5.24. The second kappa shape index (κ2) is 6.58. The number of carbonyl (C=O) groups is 1. The first-order valence-electron chi connectivity index (χ1n) is 5.87. The number of rotatable bonds is 7. The van der Waals surface area contributed by atoms with Gasteiger partial charge in [0.15, 0.2) is 0 Å². The molecule has 0 aliphatic heterocycles. The molecule has 0 aromatic heterocycles. The van der Waals surface area contributed by atoms with E-state index in [4.69, 9.17) is 10.5 Å². The van der Waals surface area contributed by atoms with E-state index in [0.29, 0.717) is 18.0 Å². The summed E-state index contributed by atoms with van der Waals surface area (Å²) in [6.07, 6.45) is 0.0729. The zero-order valence-electron chi connectivity index (χ0n) is 10.9. The number of anilines is 1. The molecule has 0 saturated heterocycles. The van der Waals surface area contributed by atoms with Crippen molar-refractivity contribution < 1.29 is 14.5 Å². The summed E-state index contributed by atoms with van der Waals surface area (Å²) >= 11 is 0. The summed E-state index contributed by atoms with van der Waals surface area (Å²) in [7, 11) is 0. The summed E-state index contributed by atoms with van der Waals surface area (Å²) in [5.41, 5.74) is 5.47. The van der Waals surface area contributed by atoms with E-state index in [-0.39, 0.29) is 18.2 Å². The number of primary amides is 1. The van der Waals surface area contributed by atoms with Crippen LogP contribution in [0.4, 0.5) is 11.4 Å². The van der Waals surface area contributed by atoms with E-state index in [1.807, 2.05) is 13.8 Å². The maximum atomic E-state index is 10.8. The van der Waals surface area contributed by atoms with E-state index in [0.717, 1.165) is 0 Å². The van der Waals surface area contributed by atoms with E-state index in [1.54, 1.807) is 6.07 Å². The second-order valence-corrected chi connectivity index (χ2v) is 4.28. The van der Waals surface area contributed by atoms with E-state index in [1.165, 1.54) is 12.1 Å². The smallest absolute Gasteiger partial charge is 0.275 e. The lowest BCUT2D eigenvalue weighted by molar-refractivity contribution is -0.384. The van der Waals surface area contributed by atoms with Gasteiger partial charge in [-0.3, -0.25) is 14.9 Å². The second-order valence-electron chi connectivity index (χ2n) is 4.28. The van der Waals surface area contributed by atoms with Crippen LogP contribution in [0.25, 0.3) is 0 Å². The first kappa shape index (κ1) is 14.7. The summed E-state index contributed by atoms with van der Waals surface area (Å²) in [6, 6.07) is 4.39. The van der Waals surface area contributed by atoms with Gasteiger partial charge in [-0.25, -0.2) is 0 Å². The van der Waals surface area contributed by atoms with Gasteiger partial charge in [0.25, 0.3) is 5.69 Å². The predicted molar refractivity (Wildman–Crippen MR) is 71.2 cm³/mol. The number of nitrogens with two attached hydrogens (primary N) is 1. The van der Waals surface area contributed by atoms with Crippen molar-refractivity contribution in [2.45, 2.75) is 26.4 Å². The Morgan fingerprint density at radius 2 is 2.16 bits per heavy atom. The van der Waals surface area contributed by atoms with Gasteiger partial charge in [0, 0.05) is 30.8 Å². The Hall–Kier alpha value is -2.31. The molecule has 0 fully saturated rings. The minimum absolute atomic E-state index is 0.0697. The lowest BCUT2D eigenvalue weighted by atomic mass is 10.2. The van der Waals surface area contributed by atoms with Gasteiger partial charge < -0.3 is 15.8 Å². The third-order valence-corrected chi connectivity index (χ3v) is 2.17. The number of ether oxygens (including phenoxy) is 1. The van der Waals surface area contributed by atoms with Crippen molar-refractivity contribution >= 4 is 17.3 Å². The van der Waals surface area contributed by atoms with Crippen LogP contribution >= 0.6 is 0 Å². The SMILES string of the molecule is CC(C)Oc1cc(NCCC(N)=O)cc([N+](=O)[O-])c1. The fraction of sp³-hybridized carbons (Fsp3) is 0.417. The normalized spacial score (nSPS) is 10.3. The standard InChI is InChI=1S/C12H17N3O4/c1-8(2)19-11-6-9(14-4-3-12(13)16)5-10(7-11)15(17)18/h5-8,14H,3-4H2,1-2H3,(H2,13,16). The molecule has 0 saturated carbocycles. The van der Waals surface area contributed by atoms with Gasteiger partial charge in [-0.15, -0.1) is 0 Å². The van der Waals surface area contributed by atoms with Gasteiger partial charge in [0.1, 0.15) is 5.75 Å². The molecular weight excluding hydrogens is 250 g/mol. The Kier molecular flexibility index (Phi) is 5.11. The van der Waals surface area contributed by atoms with Crippen molar-refractivity contribution in [3.8, 4) is 5.75 Å². The number of nitro groups is 1. The molecular formula is C12H17N3O4. The number of non-ortho nitro benzene ring substituents is 1. The summed E-state index contributed by atoms with van der Waals surface area (Å²) < 4.78 is 5.44. The molecule has 0 bridgehead atoms. The predicted octanol–water partition coefficient (Wildman–Crippen LogP) is 1.67. The highest BCUT2D eigenvalue weighted by Crippen LogP contribution is 2.26. The summed E-state index contributed by atoms with van der Waals surface area (Å²) in [5, 5.41) is 13.7. The highest BCUT2D eigenvalue weighted by molar-refractivity contribution is 5.74. The number of nitrogens with zero attached hydrogens (tertiary/aromatic N) is 1. The monoisotopic (exact) mass is 267 g/mol. The van der Waals surface area contributed by atoms with Crippen LogP contribution in [0.5, 0.6) is 5.75 Å². The minimum Gasteiger partial charge on any atom is -0.491 e. The van der Waals surface area contributed by atoms with Crippen molar-refractivity contribution in [3.05, 3.63) is 28.3 Å². The zero-order chi connectivity index (χ0) is 14.4. The third-order valence-electron chi connectivity index (χ3n) is 2.17. The molecule has 1 rings (SSSR count). The molecule has 0 aliphatic rings. The fourth-order valence-corrected chi connectivity index (χ4v) is 1.46. The van der Waals surface area contributed by atoms with E-state index < -0.39 is 10.8 Å². The van der Waals surface area contributed by atoms with Crippen molar-refractivity contribution in [2.24, 2.45) is 5.73 Å². The molecule has 19 heavy (non-hydrogen) atoms.